The molecule has 0 radical (unpaired) electrons. The molecule has 180 valence electrons. The van der Waals surface area contributed by atoms with Crippen LogP contribution in [0.4, 0.5) is 5.00 Å². The Morgan fingerprint density at radius 2 is 1.85 bits per heavy atom. The van der Waals surface area contributed by atoms with Crippen molar-refractivity contribution in [2.45, 2.75) is 33.7 Å². The maximum atomic E-state index is 12.7. The Morgan fingerprint density at radius 3 is 2.47 bits per heavy atom. The number of carbonyl (C=O) groups excluding carboxylic acids is 3. The van der Waals surface area contributed by atoms with E-state index in [2.05, 4.69) is 10.4 Å². The molecule has 3 aromatic rings. The minimum Gasteiger partial charge on any atom is -0.497 e. The SMILES string of the molecule is CCOC(=O)c1c(-c2ccc(OC)cc2)csc1NC(=O)COC(=O)CCn1nc(C)cc1C. The van der Waals surface area contributed by atoms with Crippen LogP contribution in [0.25, 0.3) is 11.1 Å². The summed E-state index contributed by atoms with van der Waals surface area (Å²) in [5.74, 6) is -0.928. The van der Waals surface area contributed by atoms with Crippen molar-refractivity contribution in [2.75, 3.05) is 25.6 Å². The molecular formula is C24H27N3O6S. The molecule has 0 saturated heterocycles. The van der Waals surface area contributed by atoms with E-state index in [0.29, 0.717) is 22.9 Å². The molecule has 0 atom stereocenters. The number of carbonyl (C=O) groups is 3. The van der Waals surface area contributed by atoms with E-state index in [0.717, 1.165) is 17.0 Å². The first kappa shape index (κ1) is 25.0. The fourth-order valence-electron chi connectivity index (χ4n) is 3.32. The number of amides is 1. The van der Waals surface area contributed by atoms with Crippen molar-refractivity contribution in [2.24, 2.45) is 0 Å². The second-order valence-electron chi connectivity index (χ2n) is 7.41. The van der Waals surface area contributed by atoms with Crippen LogP contribution >= 0.6 is 11.3 Å². The fourth-order valence-corrected chi connectivity index (χ4v) is 4.29. The second-order valence-corrected chi connectivity index (χ2v) is 8.29. The molecule has 1 aromatic carbocycles. The number of esters is 2. The molecule has 0 aliphatic carbocycles. The van der Waals surface area contributed by atoms with E-state index in [9.17, 15) is 14.4 Å². The summed E-state index contributed by atoms with van der Waals surface area (Å²) >= 11 is 1.19. The number of ether oxygens (including phenoxy) is 3. The third-order valence-corrected chi connectivity index (χ3v) is 5.82. The second kappa shape index (κ2) is 11.5. The third kappa shape index (κ3) is 6.22. The van der Waals surface area contributed by atoms with Gasteiger partial charge in [-0.15, -0.1) is 11.3 Å². The van der Waals surface area contributed by atoms with Crippen LogP contribution in [-0.2, 0) is 25.6 Å². The highest BCUT2D eigenvalue weighted by Crippen LogP contribution is 2.36. The maximum absolute atomic E-state index is 12.7. The number of anilines is 1. The van der Waals surface area contributed by atoms with Gasteiger partial charge in [0.15, 0.2) is 6.61 Å². The largest absolute Gasteiger partial charge is 0.497 e. The van der Waals surface area contributed by atoms with Gasteiger partial charge in [-0.2, -0.15) is 5.10 Å². The van der Waals surface area contributed by atoms with Crippen LogP contribution in [0.15, 0.2) is 35.7 Å². The number of benzene rings is 1. The Labute approximate surface area is 201 Å². The Balaban J connectivity index is 1.64. The number of thiophene rings is 1. The van der Waals surface area contributed by atoms with Crippen molar-refractivity contribution in [1.29, 1.82) is 0 Å². The van der Waals surface area contributed by atoms with Crippen molar-refractivity contribution >= 4 is 34.2 Å². The number of methoxy groups -OCH3 is 1. The predicted octanol–water partition coefficient (Wildman–Crippen LogP) is 3.99. The Hall–Kier alpha value is -3.66. The van der Waals surface area contributed by atoms with E-state index in [1.54, 1.807) is 36.2 Å². The van der Waals surface area contributed by atoms with Crippen LogP contribution in [0.3, 0.4) is 0 Å². The molecule has 0 bridgehead atoms. The first-order valence-electron chi connectivity index (χ1n) is 10.7. The quantitative estimate of drug-likeness (QED) is 0.433. The summed E-state index contributed by atoms with van der Waals surface area (Å²) in [6.07, 6.45) is 0.0872. The molecule has 0 unspecified atom stereocenters. The standard InChI is InChI=1S/C24H27N3O6S/c1-5-32-24(30)22-19(17-6-8-18(31-4)9-7-17)14-34-23(22)25-20(28)13-33-21(29)10-11-27-16(3)12-15(2)26-27/h6-9,12,14H,5,10-11,13H2,1-4H3,(H,25,28). The molecular weight excluding hydrogens is 458 g/mol. The summed E-state index contributed by atoms with van der Waals surface area (Å²) in [7, 11) is 1.57. The molecule has 0 aliphatic rings. The molecule has 1 N–H and O–H groups in total. The highest BCUT2D eigenvalue weighted by Gasteiger charge is 2.23. The lowest BCUT2D eigenvalue weighted by atomic mass is 10.0. The Kier molecular flexibility index (Phi) is 8.42. The van der Waals surface area contributed by atoms with Crippen molar-refractivity contribution in [3.8, 4) is 16.9 Å². The average molecular weight is 486 g/mol. The van der Waals surface area contributed by atoms with Crippen molar-refractivity contribution in [3.05, 3.63) is 52.7 Å². The number of aromatic nitrogens is 2. The fraction of sp³-hybridized carbons (Fsp3) is 0.333. The van der Waals surface area contributed by atoms with E-state index in [4.69, 9.17) is 14.2 Å². The number of hydrogen-bond acceptors (Lipinski definition) is 8. The van der Waals surface area contributed by atoms with Crippen molar-refractivity contribution < 1.29 is 28.6 Å². The number of rotatable bonds is 10. The lowest BCUT2D eigenvalue weighted by Gasteiger charge is -2.10. The average Bonchev–Trinajstić information content (AvgIpc) is 3.38. The highest BCUT2D eigenvalue weighted by molar-refractivity contribution is 7.15. The van der Waals surface area contributed by atoms with E-state index in [1.807, 2.05) is 32.0 Å². The molecule has 0 spiro atoms. The lowest BCUT2D eigenvalue weighted by molar-refractivity contribution is -0.147. The molecule has 2 aromatic heterocycles. The summed E-state index contributed by atoms with van der Waals surface area (Å²) in [4.78, 5) is 37.2. The third-order valence-electron chi connectivity index (χ3n) is 4.92. The van der Waals surface area contributed by atoms with E-state index in [-0.39, 0.29) is 18.6 Å². The van der Waals surface area contributed by atoms with Gasteiger partial charge < -0.3 is 19.5 Å². The van der Waals surface area contributed by atoms with Gasteiger partial charge in [-0.1, -0.05) is 12.1 Å². The summed E-state index contributed by atoms with van der Waals surface area (Å²) in [5, 5.41) is 9.05. The normalized spacial score (nSPS) is 10.6. The number of nitrogens with zero attached hydrogens (tertiary/aromatic N) is 2. The van der Waals surface area contributed by atoms with E-state index < -0.39 is 24.5 Å². The smallest absolute Gasteiger partial charge is 0.341 e. The van der Waals surface area contributed by atoms with Gasteiger partial charge in [0.25, 0.3) is 5.91 Å². The van der Waals surface area contributed by atoms with Crippen LogP contribution in [0.2, 0.25) is 0 Å². The molecule has 9 nitrogen and oxygen atoms in total. The van der Waals surface area contributed by atoms with E-state index >= 15 is 0 Å². The molecule has 0 saturated carbocycles. The summed E-state index contributed by atoms with van der Waals surface area (Å²) in [5.41, 5.74) is 3.47. The van der Waals surface area contributed by atoms with Gasteiger partial charge in [-0.25, -0.2) is 4.79 Å². The highest BCUT2D eigenvalue weighted by atomic mass is 32.1. The molecule has 1 amide bonds. The zero-order chi connectivity index (χ0) is 24.7. The van der Waals surface area contributed by atoms with Crippen LogP contribution < -0.4 is 10.1 Å². The molecule has 0 fully saturated rings. The van der Waals surface area contributed by atoms with Gasteiger partial charge in [-0.3, -0.25) is 14.3 Å². The zero-order valence-corrected chi connectivity index (χ0v) is 20.4. The van der Waals surface area contributed by atoms with Gasteiger partial charge >= 0.3 is 11.9 Å². The topological polar surface area (TPSA) is 109 Å². The lowest BCUT2D eigenvalue weighted by Crippen LogP contribution is -2.22. The van der Waals surface area contributed by atoms with Gasteiger partial charge in [0.2, 0.25) is 0 Å². The van der Waals surface area contributed by atoms with Gasteiger partial charge in [0.05, 0.1) is 32.4 Å². The molecule has 10 heteroatoms. The monoisotopic (exact) mass is 485 g/mol. The van der Waals surface area contributed by atoms with Crippen LogP contribution in [-0.4, -0.2) is 47.9 Å². The maximum Gasteiger partial charge on any atom is 0.341 e. The molecule has 2 heterocycles. The first-order chi connectivity index (χ1) is 16.3. The number of aryl methyl sites for hydroxylation is 3. The van der Waals surface area contributed by atoms with Crippen molar-refractivity contribution in [1.82, 2.24) is 9.78 Å². The molecule has 0 aliphatic heterocycles. The summed E-state index contributed by atoms with van der Waals surface area (Å²) < 4.78 is 17.2. The summed E-state index contributed by atoms with van der Waals surface area (Å²) in [6, 6.07) is 9.12. The van der Waals surface area contributed by atoms with Crippen LogP contribution in [0, 0.1) is 13.8 Å². The van der Waals surface area contributed by atoms with Gasteiger partial charge in [0.1, 0.15) is 16.3 Å². The first-order valence-corrected chi connectivity index (χ1v) is 11.6. The Morgan fingerprint density at radius 1 is 1.12 bits per heavy atom. The molecule has 34 heavy (non-hydrogen) atoms. The minimum absolute atomic E-state index is 0.0872. The Bertz CT molecular complexity index is 1170. The van der Waals surface area contributed by atoms with Crippen molar-refractivity contribution in [3.63, 3.8) is 0 Å². The minimum atomic E-state index is -0.549. The van der Waals surface area contributed by atoms with Crippen LogP contribution in [0.1, 0.15) is 35.1 Å². The predicted molar refractivity (Wildman–Crippen MR) is 128 cm³/mol. The zero-order valence-electron chi connectivity index (χ0n) is 19.5. The number of hydrogen-bond donors (Lipinski definition) is 1. The van der Waals surface area contributed by atoms with Crippen LogP contribution in [0.5, 0.6) is 5.75 Å². The van der Waals surface area contributed by atoms with E-state index in [1.165, 1.54) is 11.3 Å². The molecule has 3 rings (SSSR count). The van der Waals surface area contributed by atoms with Gasteiger partial charge in [-0.05, 0) is 44.5 Å². The van der Waals surface area contributed by atoms with Gasteiger partial charge in [0, 0.05) is 16.6 Å². The number of nitrogens with one attached hydrogen (secondary N) is 1. The summed E-state index contributed by atoms with van der Waals surface area (Å²) in [6.45, 7) is 5.58.